The van der Waals surface area contributed by atoms with E-state index in [1.165, 1.54) is 5.56 Å². The van der Waals surface area contributed by atoms with E-state index < -0.39 is 5.41 Å². The molecule has 1 atom stereocenters. The Morgan fingerprint density at radius 2 is 1.90 bits per heavy atom. The first kappa shape index (κ1) is 14.5. The van der Waals surface area contributed by atoms with Crippen molar-refractivity contribution in [1.82, 2.24) is 0 Å². The number of hydrogen-bond donors (Lipinski definition) is 1. The maximum absolute atomic E-state index is 12.1. The normalized spacial score (nSPS) is 26.6. The average Bonchev–Trinajstić information content (AvgIpc) is 3.19. The van der Waals surface area contributed by atoms with Gasteiger partial charge in [0, 0.05) is 18.6 Å². The Kier molecular flexibility index (Phi) is 3.76. The van der Waals surface area contributed by atoms with Crippen LogP contribution >= 0.6 is 0 Å². The van der Waals surface area contributed by atoms with Gasteiger partial charge in [-0.05, 0) is 37.3 Å². The van der Waals surface area contributed by atoms with Gasteiger partial charge in [0.05, 0.1) is 18.6 Å². The Hall–Kier alpha value is -1.39. The van der Waals surface area contributed by atoms with Gasteiger partial charge in [-0.2, -0.15) is 0 Å². The highest BCUT2D eigenvalue weighted by Crippen LogP contribution is 2.49. The smallest absolute Gasteiger partial charge is 0.316 e. The number of ether oxygens (including phenoxy) is 2. The molecule has 1 aliphatic carbocycles. The van der Waals surface area contributed by atoms with Gasteiger partial charge < -0.3 is 15.2 Å². The van der Waals surface area contributed by atoms with E-state index in [1.807, 2.05) is 6.92 Å². The zero-order valence-corrected chi connectivity index (χ0v) is 12.6. The maximum atomic E-state index is 12.1. The Labute approximate surface area is 125 Å². The van der Waals surface area contributed by atoms with Gasteiger partial charge in [-0.1, -0.05) is 24.3 Å². The van der Waals surface area contributed by atoms with Crippen molar-refractivity contribution in [3.63, 3.8) is 0 Å². The second-order valence-electron chi connectivity index (χ2n) is 6.17. The Morgan fingerprint density at radius 3 is 2.38 bits per heavy atom. The minimum atomic E-state index is -0.392. The van der Waals surface area contributed by atoms with Crippen molar-refractivity contribution in [3.8, 4) is 0 Å². The minimum absolute atomic E-state index is 0.0564. The van der Waals surface area contributed by atoms with Crippen LogP contribution in [0.15, 0.2) is 24.3 Å². The number of hydrogen-bond acceptors (Lipinski definition) is 4. The van der Waals surface area contributed by atoms with Crippen LogP contribution in [0.25, 0.3) is 0 Å². The number of carbonyl (C=O) groups excluding carboxylic acids is 1. The number of benzene rings is 1. The summed E-state index contributed by atoms with van der Waals surface area (Å²) in [5.74, 6) is -0.0875. The fourth-order valence-corrected chi connectivity index (χ4v) is 3.26. The van der Waals surface area contributed by atoms with E-state index >= 15 is 0 Å². The van der Waals surface area contributed by atoms with E-state index in [2.05, 4.69) is 24.3 Å². The average molecular weight is 289 g/mol. The SMILES string of the molecule is CCOC(=O)C1(c2ccc(C3(CN)CCOC3)cc2)CC1. The number of esters is 1. The van der Waals surface area contributed by atoms with Crippen LogP contribution in [0, 0.1) is 0 Å². The van der Waals surface area contributed by atoms with Crippen molar-refractivity contribution in [3.05, 3.63) is 35.4 Å². The third-order valence-electron chi connectivity index (χ3n) is 4.96. The lowest BCUT2D eigenvalue weighted by atomic mass is 9.79. The van der Waals surface area contributed by atoms with Gasteiger partial charge in [-0.3, -0.25) is 4.79 Å². The van der Waals surface area contributed by atoms with Gasteiger partial charge in [-0.15, -0.1) is 0 Å². The topological polar surface area (TPSA) is 61.5 Å². The monoisotopic (exact) mass is 289 g/mol. The molecule has 4 heteroatoms. The molecular formula is C17H23NO3. The van der Waals surface area contributed by atoms with Gasteiger partial charge in [-0.25, -0.2) is 0 Å². The molecule has 0 aromatic heterocycles. The summed E-state index contributed by atoms with van der Waals surface area (Å²) in [4.78, 5) is 12.1. The van der Waals surface area contributed by atoms with Crippen molar-refractivity contribution in [1.29, 1.82) is 0 Å². The van der Waals surface area contributed by atoms with E-state index in [-0.39, 0.29) is 11.4 Å². The standard InChI is InChI=1S/C17H23NO3/c1-2-21-15(19)17(7-8-17)14-5-3-13(4-6-14)16(11-18)9-10-20-12-16/h3-6H,2,7-12,18H2,1H3. The highest BCUT2D eigenvalue weighted by molar-refractivity contribution is 5.86. The molecule has 1 aromatic rings. The first-order valence-corrected chi connectivity index (χ1v) is 7.73. The molecule has 2 aliphatic rings. The second kappa shape index (κ2) is 5.43. The van der Waals surface area contributed by atoms with Crippen LogP contribution < -0.4 is 5.73 Å². The molecule has 21 heavy (non-hydrogen) atoms. The fraction of sp³-hybridized carbons (Fsp3) is 0.588. The van der Waals surface area contributed by atoms with Crippen LogP contribution in [0.5, 0.6) is 0 Å². The highest BCUT2D eigenvalue weighted by atomic mass is 16.5. The first-order valence-electron chi connectivity index (χ1n) is 7.73. The summed E-state index contributed by atoms with van der Waals surface area (Å²) in [6.45, 7) is 4.33. The Balaban J connectivity index is 1.83. The van der Waals surface area contributed by atoms with Crippen LogP contribution in [0.2, 0.25) is 0 Å². The molecular weight excluding hydrogens is 266 g/mol. The van der Waals surface area contributed by atoms with Crippen LogP contribution in [0.4, 0.5) is 0 Å². The lowest BCUT2D eigenvalue weighted by Crippen LogP contribution is -2.35. The Bertz CT molecular complexity index is 513. The van der Waals surface area contributed by atoms with Gasteiger partial charge in [0.15, 0.2) is 0 Å². The third-order valence-corrected chi connectivity index (χ3v) is 4.96. The summed E-state index contributed by atoms with van der Waals surface area (Å²) in [5.41, 5.74) is 7.80. The predicted molar refractivity (Wildman–Crippen MR) is 80.2 cm³/mol. The van der Waals surface area contributed by atoms with Gasteiger partial charge >= 0.3 is 5.97 Å². The zero-order valence-electron chi connectivity index (χ0n) is 12.6. The fourth-order valence-electron chi connectivity index (χ4n) is 3.26. The largest absolute Gasteiger partial charge is 0.465 e. The van der Waals surface area contributed by atoms with Crippen molar-refractivity contribution >= 4 is 5.97 Å². The van der Waals surface area contributed by atoms with Crippen LogP contribution in [0.1, 0.15) is 37.3 Å². The number of carbonyl (C=O) groups is 1. The summed E-state index contributed by atoms with van der Waals surface area (Å²) in [6.07, 6.45) is 2.73. The van der Waals surface area contributed by atoms with E-state index in [4.69, 9.17) is 15.2 Å². The van der Waals surface area contributed by atoms with Gasteiger partial charge in [0.1, 0.15) is 0 Å². The highest BCUT2D eigenvalue weighted by Gasteiger charge is 2.52. The molecule has 2 N–H and O–H groups in total. The van der Waals surface area contributed by atoms with E-state index in [1.54, 1.807) is 0 Å². The molecule has 3 rings (SSSR count). The first-order chi connectivity index (χ1) is 10.2. The minimum Gasteiger partial charge on any atom is -0.465 e. The lowest BCUT2D eigenvalue weighted by molar-refractivity contribution is -0.146. The molecule has 0 bridgehead atoms. The third kappa shape index (κ3) is 2.36. The Morgan fingerprint density at radius 1 is 1.24 bits per heavy atom. The molecule has 0 radical (unpaired) electrons. The molecule has 4 nitrogen and oxygen atoms in total. The molecule has 1 unspecified atom stereocenters. The van der Waals surface area contributed by atoms with E-state index in [9.17, 15) is 4.79 Å². The summed E-state index contributed by atoms with van der Waals surface area (Å²) in [5, 5.41) is 0. The predicted octanol–water partition coefficient (Wildman–Crippen LogP) is 1.90. The molecule has 1 aromatic carbocycles. The molecule has 1 heterocycles. The van der Waals surface area contributed by atoms with Crippen LogP contribution in [-0.4, -0.2) is 32.3 Å². The van der Waals surface area contributed by atoms with Crippen molar-refractivity contribution in [2.75, 3.05) is 26.4 Å². The maximum Gasteiger partial charge on any atom is 0.316 e. The molecule has 1 aliphatic heterocycles. The molecule has 0 amide bonds. The summed E-state index contributed by atoms with van der Waals surface area (Å²) >= 11 is 0. The number of nitrogens with two attached hydrogens (primary N) is 1. The molecule has 2 fully saturated rings. The van der Waals surface area contributed by atoms with Crippen molar-refractivity contribution in [2.24, 2.45) is 5.73 Å². The lowest BCUT2D eigenvalue weighted by Gasteiger charge is -2.26. The van der Waals surface area contributed by atoms with E-state index in [0.29, 0.717) is 19.8 Å². The zero-order chi connectivity index (χ0) is 14.9. The van der Waals surface area contributed by atoms with Gasteiger partial charge in [0.2, 0.25) is 0 Å². The molecule has 1 saturated carbocycles. The quantitative estimate of drug-likeness (QED) is 0.841. The van der Waals surface area contributed by atoms with Crippen LogP contribution in [0.3, 0.4) is 0 Å². The second-order valence-corrected chi connectivity index (χ2v) is 6.17. The molecule has 114 valence electrons. The van der Waals surface area contributed by atoms with Gasteiger partial charge in [0.25, 0.3) is 0 Å². The number of rotatable bonds is 5. The summed E-state index contributed by atoms with van der Waals surface area (Å²) < 4.78 is 10.7. The molecule has 1 saturated heterocycles. The van der Waals surface area contributed by atoms with Crippen molar-refractivity contribution in [2.45, 2.75) is 37.0 Å². The van der Waals surface area contributed by atoms with E-state index in [0.717, 1.165) is 31.4 Å². The molecule has 0 spiro atoms. The summed E-state index contributed by atoms with van der Waals surface area (Å²) in [6, 6.07) is 8.34. The summed E-state index contributed by atoms with van der Waals surface area (Å²) in [7, 11) is 0. The van der Waals surface area contributed by atoms with Crippen molar-refractivity contribution < 1.29 is 14.3 Å². The van der Waals surface area contributed by atoms with Crippen LogP contribution in [-0.2, 0) is 25.1 Å².